The van der Waals surface area contributed by atoms with Gasteiger partial charge in [0.05, 0.1) is 0 Å². The van der Waals surface area contributed by atoms with E-state index in [0.717, 1.165) is 17.9 Å². The minimum atomic E-state index is 0.461. The number of hydrogen-bond donors (Lipinski definition) is 1. The maximum absolute atomic E-state index is 6.05. The second kappa shape index (κ2) is 3.49. The lowest BCUT2D eigenvalue weighted by Crippen LogP contribution is -2.49. The van der Waals surface area contributed by atoms with Gasteiger partial charge in [-0.15, -0.1) is 0 Å². The van der Waals surface area contributed by atoms with Crippen LogP contribution in [0.3, 0.4) is 0 Å². The SMILES string of the molecule is NC1CCCN(C2CC3CCC2C3)C1. The van der Waals surface area contributed by atoms with Crippen molar-refractivity contribution in [3.8, 4) is 0 Å². The first-order chi connectivity index (χ1) is 6.83. The molecule has 2 heteroatoms. The van der Waals surface area contributed by atoms with E-state index >= 15 is 0 Å². The fraction of sp³-hybridized carbons (Fsp3) is 1.00. The molecule has 3 aliphatic rings. The Hall–Kier alpha value is -0.0800. The standard InChI is InChI=1S/C12H22N2/c13-11-2-1-5-14(8-11)12-7-9-3-4-10(12)6-9/h9-12H,1-8,13H2. The summed E-state index contributed by atoms with van der Waals surface area (Å²) < 4.78 is 0. The summed E-state index contributed by atoms with van der Waals surface area (Å²) in [7, 11) is 0. The van der Waals surface area contributed by atoms with Crippen molar-refractivity contribution < 1.29 is 0 Å². The molecule has 0 spiro atoms. The summed E-state index contributed by atoms with van der Waals surface area (Å²) in [4.78, 5) is 2.71. The van der Waals surface area contributed by atoms with Crippen LogP contribution in [-0.2, 0) is 0 Å². The van der Waals surface area contributed by atoms with E-state index in [0.29, 0.717) is 6.04 Å². The molecule has 2 saturated carbocycles. The Morgan fingerprint density at radius 3 is 2.64 bits per heavy atom. The number of piperidine rings is 1. The van der Waals surface area contributed by atoms with E-state index in [2.05, 4.69) is 4.90 Å². The molecule has 0 amide bonds. The molecule has 4 unspecified atom stereocenters. The molecular formula is C12H22N2. The molecule has 2 bridgehead atoms. The van der Waals surface area contributed by atoms with E-state index in [1.807, 2.05) is 0 Å². The van der Waals surface area contributed by atoms with E-state index in [1.165, 1.54) is 51.6 Å². The summed E-state index contributed by atoms with van der Waals surface area (Å²) in [6.45, 7) is 2.50. The predicted octanol–water partition coefficient (Wildman–Crippen LogP) is 1.60. The third-order valence-corrected chi connectivity index (χ3v) is 4.66. The predicted molar refractivity (Wildman–Crippen MR) is 58.0 cm³/mol. The van der Waals surface area contributed by atoms with Gasteiger partial charge in [-0.25, -0.2) is 0 Å². The summed E-state index contributed by atoms with van der Waals surface area (Å²) in [6, 6.07) is 1.38. The second-order valence-corrected chi connectivity index (χ2v) is 5.64. The Bertz CT molecular complexity index is 216. The first-order valence-corrected chi connectivity index (χ1v) is 6.32. The zero-order valence-electron chi connectivity index (χ0n) is 8.99. The highest BCUT2D eigenvalue weighted by Gasteiger charge is 2.42. The van der Waals surface area contributed by atoms with Crippen LogP contribution in [0.15, 0.2) is 0 Å². The molecule has 1 saturated heterocycles. The lowest BCUT2D eigenvalue weighted by molar-refractivity contribution is 0.108. The summed E-state index contributed by atoms with van der Waals surface area (Å²) in [5, 5.41) is 0. The molecule has 0 aromatic rings. The molecule has 4 atom stereocenters. The van der Waals surface area contributed by atoms with Gasteiger partial charge in [-0.3, -0.25) is 4.90 Å². The Morgan fingerprint density at radius 2 is 2.00 bits per heavy atom. The lowest BCUT2D eigenvalue weighted by Gasteiger charge is -2.39. The molecule has 0 aromatic heterocycles. The number of rotatable bonds is 1. The van der Waals surface area contributed by atoms with Gasteiger partial charge in [0.2, 0.25) is 0 Å². The molecular weight excluding hydrogens is 172 g/mol. The monoisotopic (exact) mass is 194 g/mol. The molecule has 2 N–H and O–H groups in total. The van der Waals surface area contributed by atoms with Crippen molar-refractivity contribution in [1.29, 1.82) is 0 Å². The van der Waals surface area contributed by atoms with Crippen LogP contribution >= 0.6 is 0 Å². The zero-order valence-corrected chi connectivity index (χ0v) is 8.99. The lowest BCUT2D eigenvalue weighted by atomic mass is 9.92. The highest BCUT2D eigenvalue weighted by Crippen LogP contribution is 2.46. The van der Waals surface area contributed by atoms with Crippen LogP contribution in [0.2, 0.25) is 0 Å². The topological polar surface area (TPSA) is 29.3 Å². The van der Waals surface area contributed by atoms with E-state index in [1.54, 1.807) is 0 Å². The van der Waals surface area contributed by atoms with Crippen molar-refractivity contribution in [3.63, 3.8) is 0 Å². The molecule has 1 heterocycles. The van der Waals surface area contributed by atoms with E-state index in [4.69, 9.17) is 5.73 Å². The van der Waals surface area contributed by atoms with Crippen LogP contribution in [-0.4, -0.2) is 30.1 Å². The van der Waals surface area contributed by atoms with Gasteiger partial charge in [0.15, 0.2) is 0 Å². The van der Waals surface area contributed by atoms with Crippen molar-refractivity contribution in [2.24, 2.45) is 17.6 Å². The average molecular weight is 194 g/mol. The molecule has 3 rings (SSSR count). The van der Waals surface area contributed by atoms with Crippen LogP contribution in [0, 0.1) is 11.8 Å². The maximum Gasteiger partial charge on any atom is 0.0168 e. The Labute approximate surface area is 86.8 Å². The number of fused-ring (bicyclic) bond motifs is 2. The average Bonchev–Trinajstić information content (AvgIpc) is 2.78. The molecule has 2 aliphatic carbocycles. The van der Waals surface area contributed by atoms with Crippen molar-refractivity contribution in [2.75, 3.05) is 13.1 Å². The highest BCUT2D eigenvalue weighted by molar-refractivity contribution is 4.96. The fourth-order valence-corrected chi connectivity index (χ4v) is 4.00. The normalized spacial score (nSPS) is 48.6. The summed E-state index contributed by atoms with van der Waals surface area (Å²) >= 11 is 0. The van der Waals surface area contributed by atoms with Gasteiger partial charge in [0.1, 0.15) is 0 Å². The van der Waals surface area contributed by atoms with E-state index in [-0.39, 0.29) is 0 Å². The Balaban J connectivity index is 1.65. The fourth-order valence-electron chi connectivity index (χ4n) is 4.00. The van der Waals surface area contributed by atoms with Crippen molar-refractivity contribution in [3.05, 3.63) is 0 Å². The van der Waals surface area contributed by atoms with E-state index in [9.17, 15) is 0 Å². The Morgan fingerprint density at radius 1 is 1.07 bits per heavy atom. The molecule has 0 radical (unpaired) electrons. The molecule has 2 nitrogen and oxygen atoms in total. The minimum absolute atomic E-state index is 0.461. The van der Waals surface area contributed by atoms with Gasteiger partial charge in [0, 0.05) is 18.6 Å². The van der Waals surface area contributed by atoms with Crippen molar-refractivity contribution in [1.82, 2.24) is 4.90 Å². The molecule has 1 aliphatic heterocycles. The van der Waals surface area contributed by atoms with Crippen LogP contribution in [0.1, 0.15) is 38.5 Å². The third kappa shape index (κ3) is 1.49. The van der Waals surface area contributed by atoms with Gasteiger partial charge in [-0.1, -0.05) is 6.42 Å². The Kier molecular flexibility index (Phi) is 2.29. The van der Waals surface area contributed by atoms with Gasteiger partial charge >= 0.3 is 0 Å². The molecule has 14 heavy (non-hydrogen) atoms. The number of nitrogens with zero attached hydrogens (tertiary/aromatic N) is 1. The van der Waals surface area contributed by atoms with Crippen LogP contribution in [0.5, 0.6) is 0 Å². The summed E-state index contributed by atoms with van der Waals surface area (Å²) in [5.41, 5.74) is 6.05. The minimum Gasteiger partial charge on any atom is -0.327 e. The smallest absolute Gasteiger partial charge is 0.0168 e. The van der Waals surface area contributed by atoms with E-state index < -0.39 is 0 Å². The third-order valence-electron chi connectivity index (χ3n) is 4.66. The zero-order chi connectivity index (χ0) is 9.54. The van der Waals surface area contributed by atoms with Gasteiger partial charge < -0.3 is 5.73 Å². The first kappa shape index (κ1) is 9.17. The van der Waals surface area contributed by atoms with Crippen molar-refractivity contribution in [2.45, 2.75) is 50.6 Å². The molecule has 80 valence electrons. The molecule has 0 aromatic carbocycles. The van der Waals surface area contributed by atoms with Crippen LogP contribution < -0.4 is 5.73 Å². The number of nitrogens with two attached hydrogens (primary N) is 1. The summed E-state index contributed by atoms with van der Waals surface area (Å²) in [6.07, 6.45) is 8.60. The molecule has 3 fully saturated rings. The van der Waals surface area contributed by atoms with Crippen LogP contribution in [0.4, 0.5) is 0 Å². The second-order valence-electron chi connectivity index (χ2n) is 5.64. The van der Waals surface area contributed by atoms with Crippen molar-refractivity contribution >= 4 is 0 Å². The van der Waals surface area contributed by atoms with Crippen LogP contribution in [0.25, 0.3) is 0 Å². The highest BCUT2D eigenvalue weighted by atomic mass is 15.2. The van der Waals surface area contributed by atoms with Gasteiger partial charge in [0.25, 0.3) is 0 Å². The quantitative estimate of drug-likeness (QED) is 0.687. The summed E-state index contributed by atoms with van der Waals surface area (Å²) in [5.74, 6) is 2.11. The number of hydrogen-bond acceptors (Lipinski definition) is 2. The maximum atomic E-state index is 6.05. The van der Waals surface area contributed by atoms with Gasteiger partial charge in [-0.2, -0.15) is 0 Å². The number of likely N-dealkylation sites (tertiary alicyclic amines) is 1. The van der Waals surface area contributed by atoms with Gasteiger partial charge in [-0.05, 0) is 50.5 Å². The largest absolute Gasteiger partial charge is 0.327 e. The first-order valence-electron chi connectivity index (χ1n) is 6.32.